The number of carboxylic acid groups (broad SMARTS) is 1. The van der Waals surface area contributed by atoms with Crippen LogP contribution in [-0.2, 0) is 0 Å². The number of benzene rings is 1. The quantitative estimate of drug-likeness (QED) is 0.805. The average molecular weight is 283 g/mol. The topological polar surface area (TPSA) is 88.2 Å². The molecule has 20 heavy (non-hydrogen) atoms. The van der Waals surface area contributed by atoms with Gasteiger partial charge in [0, 0.05) is 18.3 Å². The molecule has 2 rings (SSSR count). The van der Waals surface area contributed by atoms with Gasteiger partial charge < -0.3 is 16.2 Å². The van der Waals surface area contributed by atoms with Crippen molar-refractivity contribution < 1.29 is 23.1 Å². The molecule has 0 spiro atoms. The number of halogens is 3. The largest absolute Gasteiger partial charge is 0.478 e. The molecule has 0 atom stereocenters. The Hall–Kier alpha value is -2.77. The number of carbonyl (C=O) groups is 1. The van der Waals surface area contributed by atoms with Gasteiger partial charge in [0.25, 0.3) is 0 Å². The molecule has 0 bridgehead atoms. The summed E-state index contributed by atoms with van der Waals surface area (Å²) in [5, 5.41) is 11.1. The van der Waals surface area contributed by atoms with Crippen LogP contribution in [0.4, 0.5) is 30.4 Å². The summed E-state index contributed by atoms with van der Waals surface area (Å²) in [4.78, 5) is 14.6. The van der Waals surface area contributed by atoms with Crippen LogP contribution in [0.5, 0.6) is 0 Å². The Balaban J connectivity index is 2.46. The molecule has 1 aromatic heterocycles. The monoisotopic (exact) mass is 283 g/mol. The minimum Gasteiger partial charge on any atom is -0.478 e. The highest BCUT2D eigenvalue weighted by Crippen LogP contribution is 2.27. The molecule has 5 nitrogen and oxygen atoms in total. The number of nitrogen functional groups attached to an aromatic ring is 1. The minimum absolute atomic E-state index is 0.241. The smallest absolute Gasteiger partial charge is 0.337 e. The summed E-state index contributed by atoms with van der Waals surface area (Å²) >= 11 is 0. The van der Waals surface area contributed by atoms with Gasteiger partial charge in [0.05, 0.1) is 11.3 Å². The first kappa shape index (κ1) is 13.7. The second-order valence-corrected chi connectivity index (χ2v) is 3.80. The lowest BCUT2D eigenvalue weighted by Gasteiger charge is -2.11. The lowest BCUT2D eigenvalue weighted by Crippen LogP contribution is -2.08. The third-order valence-corrected chi connectivity index (χ3v) is 2.47. The highest BCUT2D eigenvalue weighted by Gasteiger charge is 2.16. The van der Waals surface area contributed by atoms with E-state index in [-0.39, 0.29) is 17.1 Å². The SMILES string of the molecule is Nc1c(C(=O)O)ccnc1Nc1c(F)cc(F)cc1F. The van der Waals surface area contributed by atoms with Gasteiger partial charge in [-0.2, -0.15) is 0 Å². The number of nitrogens with one attached hydrogen (secondary N) is 1. The number of aromatic nitrogens is 1. The zero-order chi connectivity index (χ0) is 14.9. The van der Waals surface area contributed by atoms with Gasteiger partial charge in [-0.1, -0.05) is 0 Å². The van der Waals surface area contributed by atoms with Gasteiger partial charge in [0.15, 0.2) is 17.5 Å². The predicted molar refractivity (Wildman–Crippen MR) is 65.2 cm³/mol. The normalized spacial score (nSPS) is 10.3. The van der Waals surface area contributed by atoms with Gasteiger partial charge >= 0.3 is 5.97 Å². The van der Waals surface area contributed by atoms with E-state index in [1.165, 1.54) is 0 Å². The van der Waals surface area contributed by atoms with Crippen LogP contribution < -0.4 is 11.1 Å². The Morgan fingerprint density at radius 1 is 1.25 bits per heavy atom. The van der Waals surface area contributed by atoms with E-state index in [1.807, 2.05) is 0 Å². The first-order valence-electron chi connectivity index (χ1n) is 5.29. The number of aromatic carboxylic acids is 1. The van der Waals surface area contributed by atoms with E-state index in [0.29, 0.717) is 12.1 Å². The van der Waals surface area contributed by atoms with E-state index >= 15 is 0 Å². The fourth-order valence-corrected chi connectivity index (χ4v) is 1.54. The number of pyridine rings is 1. The molecular weight excluding hydrogens is 275 g/mol. The maximum absolute atomic E-state index is 13.5. The van der Waals surface area contributed by atoms with E-state index in [0.717, 1.165) is 12.3 Å². The van der Waals surface area contributed by atoms with Crippen molar-refractivity contribution in [3.8, 4) is 0 Å². The minimum atomic E-state index is -1.31. The first-order valence-corrected chi connectivity index (χ1v) is 5.29. The maximum Gasteiger partial charge on any atom is 0.337 e. The highest BCUT2D eigenvalue weighted by molar-refractivity contribution is 5.96. The van der Waals surface area contributed by atoms with Crippen molar-refractivity contribution in [1.82, 2.24) is 4.98 Å². The van der Waals surface area contributed by atoms with Crippen molar-refractivity contribution in [3.63, 3.8) is 0 Å². The first-order chi connectivity index (χ1) is 9.40. The molecular formula is C12H8F3N3O2. The summed E-state index contributed by atoms with van der Waals surface area (Å²) in [6, 6.07) is 2.09. The van der Waals surface area contributed by atoms with Gasteiger partial charge in [-0.25, -0.2) is 22.9 Å². The number of nitrogens with two attached hydrogens (primary N) is 1. The predicted octanol–water partition coefficient (Wildman–Crippen LogP) is 2.52. The molecule has 0 aliphatic rings. The fourth-order valence-electron chi connectivity index (χ4n) is 1.54. The molecule has 1 heterocycles. The molecule has 0 aliphatic heterocycles. The molecule has 2 aromatic rings. The molecule has 1 aromatic carbocycles. The molecule has 0 radical (unpaired) electrons. The van der Waals surface area contributed by atoms with Crippen molar-refractivity contribution in [3.05, 3.63) is 47.4 Å². The summed E-state index contributed by atoms with van der Waals surface area (Å²) in [6.45, 7) is 0. The Labute approximate surface area is 110 Å². The van der Waals surface area contributed by atoms with Crippen molar-refractivity contribution in [1.29, 1.82) is 0 Å². The number of nitrogens with zero attached hydrogens (tertiary/aromatic N) is 1. The number of hydrogen-bond donors (Lipinski definition) is 3. The lowest BCUT2D eigenvalue weighted by atomic mass is 10.2. The third-order valence-electron chi connectivity index (χ3n) is 2.47. The van der Waals surface area contributed by atoms with Crippen LogP contribution in [0.25, 0.3) is 0 Å². The number of carboxylic acids is 1. The number of hydrogen-bond acceptors (Lipinski definition) is 4. The molecule has 0 aliphatic carbocycles. The second-order valence-electron chi connectivity index (χ2n) is 3.80. The second kappa shape index (κ2) is 5.08. The Morgan fingerprint density at radius 3 is 2.40 bits per heavy atom. The molecule has 4 N–H and O–H groups in total. The maximum atomic E-state index is 13.5. The summed E-state index contributed by atoms with van der Waals surface area (Å²) in [6.07, 6.45) is 1.11. The molecule has 0 unspecified atom stereocenters. The fraction of sp³-hybridized carbons (Fsp3) is 0. The van der Waals surface area contributed by atoms with Gasteiger partial charge in [0.2, 0.25) is 0 Å². The highest BCUT2D eigenvalue weighted by atomic mass is 19.1. The molecule has 0 amide bonds. The molecule has 0 fully saturated rings. The molecule has 8 heteroatoms. The Morgan fingerprint density at radius 2 is 1.85 bits per heavy atom. The van der Waals surface area contributed by atoms with Gasteiger partial charge in [-0.3, -0.25) is 0 Å². The summed E-state index contributed by atoms with van der Waals surface area (Å²) in [5.41, 5.74) is 4.30. The summed E-state index contributed by atoms with van der Waals surface area (Å²) < 4.78 is 39.7. The zero-order valence-electron chi connectivity index (χ0n) is 9.82. The molecule has 0 saturated heterocycles. The van der Waals surface area contributed by atoms with Crippen molar-refractivity contribution >= 4 is 23.2 Å². The van der Waals surface area contributed by atoms with Crippen LogP contribution in [0.2, 0.25) is 0 Å². The summed E-state index contributed by atoms with van der Waals surface area (Å²) in [7, 11) is 0. The summed E-state index contributed by atoms with van der Waals surface area (Å²) in [5.74, 6) is -5.01. The van der Waals surface area contributed by atoms with E-state index in [1.54, 1.807) is 0 Å². The van der Waals surface area contributed by atoms with E-state index < -0.39 is 29.1 Å². The van der Waals surface area contributed by atoms with Gasteiger partial charge in [0.1, 0.15) is 11.5 Å². The van der Waals surface area contributed by atoms with Gasteiger partial charge in [-0.05, 0) is 6.07 Å². The van der Waals surface area contributed by atoms with E-state index in [4.69, 9.17) is 10.8 Å². The Bertz CT molecular complexity index is 669. The van der Waals surface area contributed by atoms with Crippen LogP contribution >= 0.6 is 0 Å². The van der Waals surface area contributed by atoms with Crippen LogP contribution in [-0.4, -0.2) is 16.1 Å². The van der Waals surface area contributed by atoms with Crippen LogP contribution in [0.3, 0.4) is 0 Å². The zero-order valence-corrected chi connectivity index (χ0v) is 9.82. The van der Waals surface area contributed by atoms with Gasteiger partial charge in [-0.15, -0.1) is 0 Å². The standard InChI is InChI=1S/C12H8F3N3O2/c13-5-3-7(14)10(8(15)4-5)18-11-9(16)6(12(19)20)1-2-17-11/h1-4H,16H2,(H,17,18)(H,19,20). The number of anilines is 3. The molecule has 0 saturated carbocycles. The Kier molecular flexibility index (Phi) is 3.47. The van der Waals surface area contributed by atoms with Crippen molar-refractivity contribution in [2.24, 2.45) is 0 Å². The van der Waals surface area contributed by atoms with Crippen molar-refractivity contribution in [2.45, 2.75) is 0 Å². The lowest BCUT2D eigenvalue weighted by molar-refractivity contribution is 0.0698. The average Bonchev–Trinajstić information content (AvgIpc) is 2.35. The van der Waals surface area contributed by atoms with E-state index in [9.17, 15) is 18.0 Å². The third kappa shape index (κ3) is 2.48. The van der Waals surface area contributed by atoms with E-state index in [2.05, 4.69) is 10.3 Å². The number of rotatable bonds is 3. The van der Waals surface area contributed by atoms with Crippen LogP contribution in [0, 0.1) is 17.5 Å². The van der Waals surface area contributed by atoms with Crippen LogP contribution in [0.15, 0.2) is 24.4 Å². The molecule has 104 valence electrons. The van der Waals surface area contributed by atoms with Crippen LogP contribution in [0.1, 0.15) is 10.4 Å². The van der Waals surface area contributed by atoms with Crippen molar-refractivity contribution in [2.75, 3.05) is 11.1 Å².